The van der Waals surface area contributed by atoms with Crippen LogP contribution in [0.25, 0.3) is 0 Å². The molecule has 5 heteroatoms. The van der Waals surface area contributed by atoms with Crippen LogP contribution in [-0.4, -0.2) is 18.4 Å². The zero-order valence-corrected chi connectivity index (χ0v) is 8.96. The van der Waals surface area contributed by atoms with Crippen LogP contribution in [0.3, 0.4) is 0 Å². The third-order valence-electron chi connectivity index (χ3n) is 2.76. The van der Waals surface area contributed by atoms with Gasteiger partial charge in [-0.1, -0.05) is 0 Å². The summed E-state index contributed by atoms with van der Waals surface area (Å²) in [6, 6.07) is 1.99. The van der Waals surface area contributed by atoms with Crippen molar-refractivity contribution in [2.45, 2.75) is 26.7 Å². The molecule has 5 nitrogen and oxygen atoms in total. The van der Waals surface area contributed by atoms with E-state index in [1.807, 2.05) is 6.07 Å². The molecule has 0 unspecified atom stereocenters. The van der Waals surface area contributed by atoms with Crippen molar-refractivity contribution in [1.29, 1.82) is 5.26 Å². The van der Waals surface area contributed by atoms with Crippen LogP contribution in [0.1, 0.15) is 26.7 Å². The van der Waals surface area contributed by atoms with E-state index in [4.69, 9.17) is 11.0 Å². The molecule has 0 saturated heterocycles. The molecular formula is C10H15N3O2. The first-order chi connectivity index (χ1) is 6.84. The Kier molecular flexibility index (Phi) is 2.71. The maximum atomic E-state index is 11.5. The maximum Gasteiger partial charge on any atom is 0.240 e. The molecule has 0 bridgehead atoms. The Labute approximate surface area is 88.6 Å². The second kappa shape index (κ2) is 3.54. The van der Waals surface area contributed by atoms with Gasteiger partial charge in [-0.15, -0.1) is 0 Å². The molecule has 1 aliphatic carbocycles. The molecule has 1 fully saturated rings. The van der Waals surface area contributed by atoms with Crippen LogP contribution >= 0.6 is 0 Å². The SMILES string of the molecule is CC(C)(CNC(=O)C1(C#N)CC1)C(N)=O. The number of primary amides is 1. The van der Waals surface area contributed by atoms with Crippen molar-refractivity contribution in [3.05, 3.63) is 0 Å². The van der Waals surface area contributed by atoms with Gasteiger partial charge in [-0.05, 0) is 26.7 Å². The normalized spacial score (nSPS) is 17.7. The van der Waals surface area contributed by atoms with Gasteiger partial charge in [0.15, 0.2) is 0 Å². The molecule has 1 aliphatic rings. The monoisotopic (exact) mass is 209 g/mol. The topological polar surface area (TPSA) is 96.0 Å². The fourth-order valence-corrected chi connectivity index (χ4v) is 1.07. The molecule has 0 heterocycles. The first-order valence-electron chi connectivity index (χ1n) is 4.83. The molecule has 15 heavy (non-hydrogen) atoms. The number of carbonyl (C=O) groups is 2. The number of amides is 2. The molecule has 0 spiro atoms. The summed E-state index contributed by atoms with van der Waals surface area (Å²) in [5.41, 5.74) is 3.54. The third kappa shape index (κ3) is 2.27. The number of hydrogen-bond donors (Lipinski definition) is 2. The quantitative estimate of drug-likeness (QED) is 0.677. The number of rotatable bonds is 4. The molecule has 0 atom stereocenters. The molecular weight excluding hydrogens is 194 g/mol. The van der Waals surface area contributed by atoms with E-state index in [9.17, 15) is 9.59 Å². The van der Waals surface area contributed by atoms with Crippen molar-refractivity contribution >= 4 is 11.8 Å². The van der Waals surface area contributed by atoms with Gasteiger partial charge in [-0.25, -0.2) is 0 Å². The van der Waals surface area contributed by atoms with Crippen LogP contribution < -0.4 is 11.1 Å². The number of nitrogens with one attached hydrogen (secondary N) is 1. The molecule has 1 rings (SSSR count). The summed E-state index contributed by atoms with van der Waals surface area (Å²) in [5.74, 6) is -0.760. The number of nitriles is 1. The Morgan fingerprint density at radius 2 is 2.07 bits per heavy atom. The lowest BCUT2D eigenvalue weighted by atomic mass is 9.92. The van der Waals surface area contributed by atoms with E-state index >= 15 is 0 Å². The maximum absolute atomic E-state index is 11.5. The number of nitrogens with two attached hydrogens (primary N) is 1. The van der Waals surface area contributed by atoms with Gasteiger partial charge < -0.3 is 11.1 Å². The first kappa shape index (κ1) is 11.5. The van der Waals surface area contributed by atoms with E-state index in [0.29, 0.717) is 12.8 Å². The largest absolute Gasteiger partial charge is 0.369 e. The van der Waals surface area contributed by atoms with Crippen LogP contribution in [0, 0.1) is 22.2 Å². The average Bonchev–Trinajstić information content (AvgIpc) is 2.94. The van der Waals surface area contributed by atoms with Gasteiger partial charge in [0.25, 0.3) is 0 Å². The number of hydrogen-bond acceptors (Lipinski definition) is 3. The van der Waals surface area contributed by atoms with Crippen molar-refractivity contribution < 1.29 is 9.59 Å². The summed E-state index contributed by atoms with van der Waals surface area (Å²) in [5, 5.41) is 11.4. The summed E-state index contributed by atoms with van der Waals surface area (Å²) >= 11 is 0. The minimum atomic E-state index is -0.840. The van der Waals surface area contributed by atoms with Crippen LogP contribution in [-0.2, 0) is 9.59 Å². The van der Waals surface area contributed by atoms with Crippen LogP contribution in [0.2, 0.25) is 0 Å². The zero-order chi connectivity index (χ0) is 11.7. The molecule has 0 radical (unpaired) electrons. The van der Waals surface area contributed by atoms with Gasteiger partial charge in [-0.2, -0.15) is 5.26 Å². The van der Waals surface area contributed by atoms with Gasteiger partial charge in [-0.3, -0.25) is 9.59 Å². The van der Waals surface area contributed by atoms with Gasteiger partial charge in [0.1, 0.15) is 5.41 Å². The minimum Gasteiger partial charge on any atom is -0.369 e. The number of nitrogens with zero attached hydrogens (tertiary/aromatic N) is 1. The predicted molar refractivity (Wildman–Crippen MR) is 53.3 cm³/mol. The summed E-state index contributed by atoms with van der Waals surface area (Å²) in [6.07, 6.45) is 1.21. The van der Waals surface area contributed by atoms with Gasteiger partial charge in [0.2, 0.25) is 11.8 Å². The van der Waals surface area contributed by atoms with E-state index in [1.54, 1.807) is 13.8 Å². The molecule has 3 N–H and O–H groups in total. The van der Waals surface area contributed by atoms with Gasteiger partial charge in [0, 0.05) is 6.54 Å². The Hall–Kier alpha value is -1.57. The minimum absolute atomic E-state index is 0.171. The molecule has 0 aromatic carbocycles. The van der Waals surface area contributed by atoms with Gasteiger partial charge in [0.05, 0.1) is 11.5 Å². The van der Waals surface area contributed by atoms with Crippen molar-refractivity contribution in [2.75, 3.05) is 6.54 Å². The Balaban J connectivity index is 2.49. The Morgan fingerprint density at radius 1 is 1.53 bits per heavy atom. The van der Waals surface area contributed by atoms with Crippen molar-refractivity contribution in [1.82, 2.24) is 5.32 Å². The zero-order valence-electron chi connectivity index (χ0n) is 8.96. The lowest BCUT2D eigenvalue weighted by Gasteiger charge is -2.21. The highest BCUT2D eigenvalue weighted by atomic mass is 16.2. The molecule has 0 aliphatic heterocycles. The van der Waals surface area contributed by atoms with Crippen LogP contribution in [0.5, 0.6) is 0 Å². The van der Waals surface area contributed by atoms with E-state index in [-0.39, 0.29) is 12.5 Å². The fraction of sp³-hybridized carbons (Fsp3) is 0.700. The van der Waals surface area contributed by atoms with Crippen molar-refractivity contribution in [2.24, 2.45) is 16.6 Å². The molecule has 0 aromatic heterocycles. The first-order valence-corrected chi connectivity index (χ1v) is 4.83. The van der Waals surface area contributed by atoms with E-state index in [2.05, 4.69) is 5.32 Å². The second-order valence-corrected chi connectivity index (χ2v) is 4.62. The molecule has 82 valence electrons. The second-order valence-electron chi connectivity index (χ2n) is 4.62. The predicted octanol–water partition coefficient (Wildman–Crippen LogP) is -0.0821. The summed E-state index contributed by atoms with van der Waals surface area (Å²) < 4.78 is 0. The van der Waals surface area contributed by atoms with Crippen molar-refractivity contribution in [3.63, 3.8) is 0 Å². The summed E-state index contributed by atoms with van der Waals surface area (Å²) in [6.45, 7) is 3.48. The fourth-order valence-electron chi connectivity index (χ4n) is 1.07. The standard InChI is InChI=1S/C10H15N3O2/c1-9(2,7(12)14)6-13-8(15)10(5-11)3-4-10/h3-4,6H2,1-2H3,(H2,12,14)(H,13,15). The highest BCUT2D eigenvalue weighted by molar-refractivity contribution is 5.89. The Morgan fingerprint density at radius 3 is 2.40 bits per heavy atom. The smallest absolute Gasteiger partial charge is 0.240 e. The summed E-state index contributed by atoms with van der Waals surface area (Å²) in [7, 11) is 0. The highest BCUT2D eigenvalue weighted by Crippen LogP contribution is 2.45. The lowest BCUT2D eigenvalue weighted by molar-refractivity contribution is -0.128. The highest BCUT2D eigenvalue weighted by Gasteiger charge is 2.50. The van der Waals surface area contributed by atoms with E-state index < -0.39 is 16.7 Å². The molecule has 0 aromatic rings. The Bertz CT molecular complexity index is 337. The van der Waals surface area contributed by atoms with Crippen LogP contribution in [0.15, 0.2) is 0 Å². The lowest BCUT2D eigenvalue weighted by Crippen LogP contribution is -2.44. The van der Waals surface area contributed by atoms with Crippen molar-refractivity contribution in [3.8, 4) is 6.07 Å². The van der Waals surface area contributed by atoms with Crippen LogP contribution in [0.4, 0.5) is 0 Å². The van der Waals surface area contributed by atoms with E-state index in [1.165, 1.54) is 0 Å². The van der Waals surface area contributed by atoms with Gasteiger partial charge >= 0.3 is 0 Å². The summed E-state index contributed by atoms with van der Waals surface area (Å²) in [4.78, 5) is 22.5. The number of carbonyl (C=O) groups excluding carboxylic acids is 2. The third-order valence-corrected chi connectivity index (χ3v) is 2.76. The molecule has 2 amide bonds. The average molecular weight is 209 g/mol. The molecule has 1 saturated carbocycles. The van der Waals surface area contributed by atoms with E-state index in [0.717, 1.165) is 0 Å².